The summed E-state index contributed by atoms with van der Waals surface area (Å²) in [6.45, 7) is 2.78. The largest absolute Gasteiger partial charge is 0.486 e. The van der Waals surface area contributed by atoms with Crippen LogP contribution in [0.2, 0.25) is 0 Å². The molecule has 166 valence electrons. The number of thioether (sulfide) groups is 1. The number of hydrogen-bond donors (Lipinski definition) is 3. The van der Waals surface area contributed by atoms with Crippen LogP contribution in [0.25, 0.3) is 0 Å². The molecule has 1 aliphatic heterocycles. The highest BCUT2D eigenvalue weighted by atomic mass is 32.2. The Kier molecular flexibility index (Phi) is 6.55. The maximum atomic E-state index is 13.1. The summed E-state index contributed by atoms with van der Waals surface area (Å²) in [5.74, 6) is 1.82. The predicted octanol–water partition coefficient (Wildman–Crippen LogP) is 3.37. The van der Waals surface area contributed by atoms with E-state index in [1.165, 1.54) is 23.9 Å². The Bertz CT molecular complexity index is 1120. The van der Waals surface area contributed by atoms with E-state index in [0.717, 1.165) is 0 Å². The number of nitrogens with one attached hydrogen (secondary N) is 2. The Balaban J connectivity index is 1.34. The number of nitrogens with two attached hydrogens (primary N) is 1. The third-order valence-corrected chi connectivity index (χ3v) is 5.58. The SMILES string of the molecule is C[C@H](SCc1nc(N)nc(Nc2ccc(F)cc2)n1)C(=O)Nc1ccc2c(c1)OCCO2. The fourth-order valence-electron chi connectivity index (χ4n) is 2.86. The van der Waals surface area contributed by atoms with E-state index in [1.807, 2.05) is 0 Å². The van der Waals surface area contributed by atoms with Crippen molar-refractivity contribution in [2.45, 2.75) is 17.9 Å². The van der Waals surface area contributed by atoms with Crippen LogP contribution >= 0.6 is 11.8 Å². The average molecular weight is 457 g/mol. The zero-order chi connectivity index (χ0) is 22.5. The summed E-state index contributed by atoms with van der Waals surface area (Å²) in [4.78, 5) is 25.1. The van der Waals surface area contributed by atoms with Crippen LogP contribution in [0, 0.1) is 5.82 Å². The van der Waals surface area contributed by atoms with Crippen LogP contribution in [0.4, 0.5) is 27.7 Å². The molecule has 11 heteroatoms. The van der Waals surface area contributed by atoms with E-state index in [2.05, 4.69) is 25.6 Å². The van der Waals surface area contributed by atoms with Crippen molar-refractivity contribution in [1.29, 1.82) is 0 Å². The van der Waals surface area contributed by atoms with Gasteiger partial charge in [-0.2, -0.15) is 15.0 Å². The molecule has 0 fully saturated rings. The molecule has 2 aromatic carbocycles. The number of nitrogen functional groups attached to an aromatic ring is 1. The molecular weight excluding hydrogens is 435 g/mol. The Hall–Kier alpha value is -3.60. The third kappa shape index (κ3) is 5.55. The maximum Gasteiger partial charge on any atom is 0.237 e. The predicted molar refractivity (Wildman–Crippen MR) is 121 cm³/mol. The lowest BCUT2D eigenvalue weighted by Crippen LogP contribution is -2.23. The summed E-state index contributed by atoms with van der Waals surface area (Å²) in [5, 5.41) is 5.45. The van der Waals surface area contributed by atoms with Crippen LogP contribution in [-0.4, -0.2) is 39.3 Å². The van der Waals surface area contributed by atoms with Gasteiger partial charge in [0.25, 0.3) is 0 Å². The van der Waals surface area contributed by atoms with Gasteiger partial charge in [0.2, 0.25) is 17.8 Å². The Labute approximate surface area is 188 Å². The lowest BCUT2D eigenvalue weighted by molar-refractivity contribution is -0.115. The van der Waals surface area contributed by atoms with Crippen LogP contribution < -0.4 is 25.8 Å². The minimum atomic E-state index is -0.380. The van der Waals surface area contributed by atoms with E-state index in [-0.39, 0.29) is 28.9 Å². The molecule has 4 rings (SSSR count). The van der Waals surface area contributed by atoms with Gasteiger partial charge in [0.1, 0.15) is 24.9 Å². The molecule has 1 amide bonds. The molecule has 3 aromatic rings. The number of ether oxygens (including phenoxy) is 2. The first kappa shape index (κ1) is 21.6. The summed E-state index contributed by atoms with van der Waals surface area (Å²) in [5.41, 5.74) is 7.03. The van der Waals surface area contributed by atoms with E-state index < -0.39 is 0 Å². The van der Waals surface area contributed by atoms with Gasteiger partial charge in [-0.3, -0.25) is 4.79 Å². The number of rotatable bonds is 7. The van der Waals surface area contributed by atoms with Crippen molar-refractivity contribution in [3.63, 3.8) is 0 Å². The number of fused-ring (bicyclic) bond motifs is 1. The maximum absolute atomic E-state index is 13.1. The van der Waals surface area contributed by atoms with Gasteiger partial charge in [-0.15, -0.1) is 11.8 Å². The molecule has 0 saturated carbocycles. The molecule has 0 spiro atoms. The zero-order valence-electron chi connectivity index (χ0n) is 17.2. The summed E-state index contributed by atoms with van der Waals surface area (Å²) in [6.07, 6.45) is 0. The molecule has 1 aliphatic rings. The second kappa shape index (κ2) is 9.69. The van der Waals surface area contributed by atoms with Crippen LogP contribution in [0.3, 0.4) is 0 Å². The first-order valence-electron chi connectivity index (χ1n) is 9.81. The minimum Gasteiger partial charge on any atom is -0.486 e. The van der Waals surface area contributed by atoms with Crippen molar-refractivity contribution in [1.82, 2.24) is 15.0 Å². The molecule has 2 heterocycles. The standard InChI is InChI=1S/C21H21FN6O3S/c1-12(19(29)24-15-6-7-16-17(10-15)31-9-8-30-16)32-11-18-26-20(23)28-21(27-18)25-14-4-2-13(22)3-5-14/h2-7,10,12H,8-9,11H2,1H3,(H,24,29)(H3,23,25,26,27,28)/t12-/m0/s1. The van der Waals surface area contributed by atoms with Crippen LogP contribution in [0.15, 0.2) is 42.5 Å². The lowest BCUT2D eigenvalue weighted by Gasteiger charge is -2.19. The van der Waals surface area contributed by atoms with Crippen LogP contribution in [0.1, 0.15) is 12.7 Å². The van der Waals surface area contributed by atoms with Gasteiger partial charge >= 0.3 is 0 Å². The van der Waals surface area contributed by atoms with Gasteiger partial charge in [0.15, 0.2) is 11.5 Å². The molecule has 0 bridgehead atoms. The highest BCUT2D eigenvalue weighted by Gasteiger charge is 2.17. The van der Waals surface area contributed by atoms with Crippen molar-refractivity contribution >= 4 is 40.9 Å². The fourth-order valence-corrected chi connectivity index (χ4v) is 3.60. The van der Waals surface area contributed by atoms with E-state index in [4.69, 9.17) is 15.2 Å². The highest BCUT2D eigenvalue weighted by molar-refractivity contribution is 7.99. The summed E-state index contributed by atoms with van der Waals surface area (Å²) < 4.78 is 24.1. The third-order valence-electron chi connectivity index (χ3n) is 4.44. The van der Waals surface area contributed by atoms with E-state index in [1.54, 1.807) is 37.3 Å². The number of hydrogen-bond acceptors (Lipinski definition) is 9. The number of carbonyl (C=O) groups is 1. The van der Waals surface area contributed by atoms with Gasteiger partial charge in [-0.25, -0.2) is 4.39 Å². The minimum absolute atomic E-state index is 0.0496. The number of nitrogens with zero attached hydrogens (tertiary/aromatic N) is 3. The molecule has 9 nitrogen and oxygen atoms in total. The van der Waals surface area contributed by atoms with Gasteiger partial charge < -0.3 is 25.8 Å². The zero-order valence-corrected chi connectivity index (χ0v) is 18.0. The van der Waals surface area contributed by atoms with Crippen molar-refractivity contribution < 1.29 is 18.7 Å². The van der Waals surface area contributed by atoms with Crippen LogP contribution in [-0.2, 0) is 10.5 Å². The molecular formula is C21H21FN6O3S. The molecule has 0 aliphatic carbocycles. The van der Waals surface area contributed by atoms with Gasteiger partial charge in [-0.1, -0.05) is 0 Å². The number of aromatic nitrogens is 3. The molecule has 1 atom stereocenters. The number of amides is 1. The van der Waals surface area contributed by atoms with E-state index in [0.29, 0.717) is 47.7 Å². The summed E-state index contributed by atoms with van der Waals surface area (Å²) in [7, 11) is 0. The van der Waals surface area contributed by atoms with Gasteiger partial charge in [0, 0.05) is 17.4 Å². The number of carbonyl (C=O) groups excluding carboxylic acids is 1. The molecule has 32 heavy (non-hydrogen) atoms. The second-order valence-electron chi connectivity index (χ2n) is 6.87. The number of halogens is 1. The monoisotopic (exact) mass is 456 g/mol. The van der Waals surface area contributed by atoms with Crippen molar-refractivity contribution in [3.8, 4) is 11.5 Å². The molecule has 4 N–H and O–H groups in total. The first-order valence-corrected chi connectivity index (χ1v) is 10.9. The van der Waals surface area contributed by atoms with E-state index in [9.17, 15) is 9.18 Å². The van der Waals surface area contributed by atoms with Crippen molar-refractivity contribution in [3.05, 3.63) is 54.1 Å². The molecule has 0 saturated heterocycles. The smallest absolute Gasteiger partial charge is 0.237 e. The Morgan fingerprint density at radius 1 is 1.09 bits per heavy atom. The topological polar surface area (TPSA) is 124 Å². The Morgan fingerprint density at radius 2 is 1.81 bits per heavy atom. The highest BCUT2D eigenvalue weighted by Crippen LogP contribution is 2.33. The first-order chi connectivity index (χ1) is 15.5. The van der Waals surface area contributed by atoms with Gasteiger partial charge in [-0.05, 0) is 43.3 Å². The van der Waals surface area contributed by atoms with E-state index >= 15 is 0 Å². The number of benzene rings is 2. The van der Waals surface area contributed by atoms with Crippen molar-refractivity contribution in [2.24, 2.45) is 0 Å². The molecule has 0 unspecified atom stereocenters. The van der Waals surface area contributed by atoms with Crippen molar-refractivity contribution in [2.75, 3.05) is 29.6 Å². The number of anilines is 4. The summed E-state index contributed by atoms with van der Waals surface area (Å²) >= 11 is 1.36. The molecule has 0 radical (unpaired) electrons. The summed E-state index contributed by atoms with van der Waals surface area (Å²) in [6, 6.07) is 11.1. The normalized spacial score (nSPS) is 13.3. The lowest BCUT2D eigenvalue weighted by atomic mass is 10.2. The second-order valence-corrected chi connectivity index (χ2v) is 8.20. The van der Waals surface area contributed by atoms with Crippen LogP contribution in [0.5, 0.6) is 11.5 Å². The fraction of sp³-hybridized carbons (Fsp3) is 0.238. The van der Waals surface area contributed by atoms with Gasteiger partial charge in [0.05, 0.1) is 11.0 Å². The Morgan fingerprint density at radius 3 is 2.59 bits per heavy atom. The molecule has 1 aromatic heterocycles. The average Bonchev–Trinajstić information content (AvgIpc) is 2.78. The quantitative estimate of drug-likeness (QED) is 0.491.